The summed E-state index contributed by atoms with van der Waals surface area (Å²) < 4.78 is 0. The lowest BCUT2D eigenvalue weighted by Gasteiger charge is -2.35. The van der Waals surface area contributed by atoms with Crippen molar-refractivity contribution in [1.29, 1.82) is 0 Å². The summed E-state index contributed by atoms with van der Waals surface area (Å²) in [6.07, 6.45) is 6.14. The lowest BCUT2D eigenvalue weighted by atomic mass is 9.86. The molecule has 1 aliphatic carbocycles. The smallest absolute Gasteiger partial charge is 0.134 e. The molecule has 0 aliphatic heterocycles. The van der Waals surface area contributed by atoms with Crippen molar-refractivity contribution in [3.63, 3.8) is 0 Å². The van der Waals surface area contributed by atoms with E-state index >= 15 is 0 Å². The van der Waals surface area contributed by atoms with Crippen LogP contribution in [0.4, 0.5) is 11.6 Å². The van der Waals surface area contributed by atoms with Crippen molar-refractivity contribution in [1.82, 2.24) is 9.97 Å². The maximum absolute atomic E-state index is 4.71. The third kappa shape index (κ3) is 3.62. The summed E-state index contributed by atoms with van der Waals surface area (Å²) in [5.74, 6) is 3.77. The SMILES string of the molecule is CCNc1cc(N(C)C2CCCC(C)C2)nc(CC)n1. The standard InChI is InChI=1S/C16H28N4/c1-5-14-18-15(17-6-2)11-16(19-14)20(4)13-9-7-8-12(3)10-13/h11-13H,5-10H2,1-4H3,(H,17,18,19). The van der Waals surface area contributed by atoms with E-state index in [4.69, 9.17) is 4.98 Å². The Labute approximate surface area is 123 Å². The molecule has 112 valence electrons. The monoisotopic (exact) mass is 276 g/mol. The van der Waals surface area contributed by atoms with Gasteiger partial charge in [-0.05, 0) is 25.7 Å². The molecule has 1 N–H and O–H groups in total. The molecule has 1 heterocycles. The van der Waals surface area contributed by atoms with Crippen LogP contribution in [0.3, 0.4) is 0 Å². The summed E-state index contributed by atoms with van der Waals surface area (Å²) in [6, 6.07) is 2.70. The summed E-state index contributed by atoms with van der Waals surface area (Å²) in [5.41, 5.74) is 0. The predicted molar refractivity (Wildman–Crippen MR) is 85.4 cm³/mol. The van der Waals surface area contributed by atoms with E-state index in [0.717, 1.165) is 36.3 Å². The molecule has 0 aromatic carbocycles. The highest BCUT2D eigenvalue weighted by atomic mass is 15.2. The normalized spacial score (nSPS) is 22.6. The van der Waals surface area contributed by atoms with Gasteiger partial charge in [-0.3, -0.25) is 0 Å². The minimum absolute atomic E-state index is 0.618. The highest BCUT2D eigenvalue weighted by Crippen LogP contribution is 2.29. The molecule has 4 heteroatoms. The van der Waals surface area contributed by atoms with Gasteiger partial charge < -0.3 is 10.2 Å². The van der Waals surface area contributed by atoms with E-state index in [1.54, 1.807) is 0 Å². The van der Waals surface area contributed by atoms with Crippen LogP contribution >= 0.6 is 0 Å². The van der Waals surface area contributed by atoms with Gasteiger partial charge in [-0.25, -0.2) is 9.97 Å². The number of nitrogens with one attached hydrogen (secondary N) is 1. The topological polar surface area (TPSA) is 41.0 Å². The van der Waals surface area contributed by atoms with Gasteiger partial charge in [-0.2, -0.15) is 0 Å². The molecule has 1 saturated carbocycles. The lowest BCUT2D eigenvalue weighted by molar-refractivity contribution is 0.335. The third-order valence-corrected chi connectivity index (χ3v) is 4.25. The minimum atomic E-state index is 0.618. The van der Waals surface area contributed by atoms with Gasteiger partial charge in [0.05, 0.1) is 0 Å². The van der Waals surface area contributed by atoms with Crippen molar-refractivity contribution >= 4 is 11.6 Å². The Hall–Kier alpha value is -1.32. The van der Waals surface area contributed by atoms with Gasteiger partial charge in [0.25, 0.3) is 0 Å². The Kier molecular flexibility index (Phi) is 5.21. The van der Waals surface area contributed by atoms with E-state index in [1.165, 1.54) is 25.7 Å². The Morgan fingerprint density at radius 2 is 2.10 bits per heavy atom. The average Bonchev–Trinajstić information content (AvgIpc) is 2.46. The largest absolute Gasteiger partial charge is 0.370 e. The molecule has 0 saturated heterocycles. The summed E-state index contributed by atoms with van der Waals surface area (Å²) >= 11 is 0. The first-order valence-electron chi connectivity index (χ1n) is 7.98. The van der Waals surface area contributed by atoms with Crippen LogP contribution in [-0.4, -0.2) is 29.6 Å². The minimum Gasteiger partial charge on any atom is -0.370 e. The number of nitrogens with zero attached hydrogens (tertiary/aromatic N) is 3. The highest BCUT2D eigenvalue weighted by molar-refractivity contribution is 5.49. The number of aromatic nitrogens is 2. The molecular formula is C16H28N4. The summed E-state index contributed by atoms with van der Waals surface area (Å²) in [7, 11) is 2.18. The first kappa shape index (κ1) is 15.1. The van der Waals surface area contributed by atoms with Crippen LogP contribution in [0.15, 0.2) is 6.07 Å². The van der Waals surface area contributed by atoms with Crippen molar-refractivity contribution < 1.29 is 0 Å². The first-order chi connectivity index (χ1) is 9.63. The molecule has 0 radical (unpaired) electrons. The fourth-order valence-corrected chi connectivity index (χ4v) is 3.03. The van der Waals surface area contributed by atoms with Crippen LogP contribution in [0.2, 0.25) is 0 Å². The van der Waals surface area contributed by atoms with Crippen LogP contribution in [-0.2, 0) is 6.42 Å². The fraction of sp³-hybridized carbons (Fsp3) is 0.750. The number of rotatable bonds is 5. The molecule has 1 fully saturated rings. The molecule has 0 bridgehead atoms. The van der Waals surface area contributed by atoms with Gasteiger partial charge >= 0.3 is 0 Å². The van der Waals surface area contributed by atoms with Crippen LogP contribution in [0, 0.1) is 5.92 Å². The van der Waals surface area contributed by atoms with E-state index in [0.29, 0.717) is 6.04 Å². The molecule has 1 aromatic rings. The highest BCUT2D eigenvalue weighted by Gasteiger charge is 2.23. The van der Waals surface area contributed by atoms with E-state index in [-0.39, 0.29) is 0 Å². The molecule has 0 amide bonds. The van der Waals surface area contributed by atoms with E-state index in [9.17, 15) is 0 Å². The zero-order valence-electron chi connectivity index (χ0n) is 13.3. The van der Waals surface area contributed by atoms with Gasteiger partial charge in [0.15, 0.2) is 0 Å². The molecule has 4 nitrogen and oxygen atoms in total. The van der Waals surface area contributed by atoms with Crippen molar-refractivity contribution in [3.8, 4) is 0 Å². The zero-order valence-corrected chi connectivity index (χ0v) is 13.3. The molecule has 2 unspecified atom stereocenters. The van der Waals surface area contributed by atoms with E-state index in [1.807, 2.05) is 0 Å². The van der Waals surface area contributed by atoms with Crippen LogP contribution in [0.1, 0.15) is 52.3 Å². The number of hydrogen-bond donors (Lipinski definition) is 1. The number of aryl methyl sites for hydroxylation is 1. The Balaban J connectivity index is 2.19. The van der Waals surface area contributed by atoms with Crippen molar-refractivity contribution in [2.45, 2.75) is 58.9 Å². The first-order valence-corrected chi connectivity index (χ1v) is 7.98. The maximum Gasteiger partial charge on any atom is 0.134 e. The van der Waals surface area contributed by atoms with Gasteiger partial charge in [0.2, 0.25) is 0 Å². The molecule has 2 atom stereocenters. The van der Waals surface area contributed by atoms with Crippen molar-refractivity contribution in [2.24, 2.45) is 5.92 Å². The Bertz CT molecular complexity index is 432. The molecule has 1 aliphatic rings. The maximum atomic E-state index is 4.71. The second-order valence-electron chi connectivity index (χ2n) is 5.95. The molecule has 1 aromatic heterocycles. The van der Waals surface area contributed by atoms with Gasteiger partial charge in [0, 0.05) is 32.1 Å². The van der Waals surface area contributed by atoms with Gasteiger partial charge in [-0.1, -0.05) is 26.7 Å². The van der Waals surface area contributed by atoms with Crippen molar-refractivity contribution in [3.05, 3.63) is 11.9 Å². The third-order valence-electron chi connectivity index (χ3n) is 4.25. The lowest BCUT2D eigenvalue weighted by Crippen LogP contribution is -2.36. The summed E-state index contributed by atoms with van der Waals surface area (Å²) in [4.78, 5) is 11.6. The average molecular weight is 276 g/mol. The van der Waals surface area contributed by atoms with Crippen LogP contribution < -0.4 is 10.2 Å². The van der Waals surface area contributed by atoms with E-state index < -0.39 is 0 Å². The van der Waals surface area contributed by atoms with Gasteiger partial charge in [-0.15, -0.1) is 0 Å². The number of anilines is 2. The second-order valence-corrected chi connectivity index (χ2v) is 5.95. The Morgan fingerprint density at radius 3 is 2.75 bits per heavy atom. The predicted octanol–water partition coefficient (Wildman–Crippen LogP) is 3.49. The summed E-state index contributed by atoms with van der Waals surface area (Å²) in [5, 5.41) is 3.31. The molecule has 20 heavy (non-hydrogen) atoms. The van der Waals surface area contributed by atoms with Crippen LogP contribution in [0.25, 0.3) is 0 Å². The second kappa shape index (κ2) is 6.91. The van der Waals surface area contributed by atoms with Crippen LogP contribution in [0.5, 0.6) is 0 Å². The van der Waals surface area contributed by atoms with Gasteiger partial charge in [0.1, 0.15) is 17.5 Å². The molecule has 0 spiro atoms. The molecular weight excluding hydrogens is 248 g/mol. The van der Waals surface area contributed by atoms with E-state index in [2.05, 4.69) is 49.1 Å². The Morgan fingerprint density at radius 1 is 1.30 bits per heavy atom. The van der Waals surface area contributed by atoms with Crippen molar-refractivity contribution in [2.75, 3.05) is 23.8 Å². The molecule has 2 rings (SSSR count). The zero-order chi connectivity index (χ0) is 14.5. The number of hydrogen-bond acceptors (Lipinski definition) is 4. The quantitative estimate of drug-likeness (QED) is 0.894. The summed E-state index contributed by atoms with van der Waals surface area (Å²) in [6.45, 7) is 7.46. The fourth-order valence-electron chi connectivity index (χ4n) is 3.03.